The lowest BCUT2D eigenvalue weighted by atomic mass is 10.2. The third kappa shape index (κ3) is 7.07. The van der Waals surface area contributed by atoms with Crippen LogP contribution in [0, 0.1) is 0 Å². The first kappa shape index (κ1) is 14.7. The Morgan fingerprint density at radius 3 is 2.61 bits per heavy atom. The van der Waals surface area contributed by atoms with Crippen molar-refractivity contribution in [3.05, 3.63) is 35.9 Å². The maximum atomic E-state index is 11.3. The van der Waals surface area contributed by atoms with Gasteiger partial charge in [-0.2, -0.15) is 0 Å². The van der Waals surface area contributed by atoms with Gasteiger partial charge in [0.05, 0.1) is 13.2 Å². The minimum absolute atomic E-state index is 0.119. The predicted octanol–water partition coefficient (Wildman–Crippen LogP) is 3.33. The average Bonchev–Trinajstić information content (AvgIpc) is 2.40. The molecule has 100 valence electrons. The van der Waals surface area contributed by atoms with Crippen molar-refractivity contribution >= 4 is 5.97 Å². The minimum Gasteiger partial charge on any atom is -0.463 e. The highest BCUT2D eigenvalue weighted by molar-refractivity contribution is 5.69. The lowest BCUT2D eigenvalue weighted by Crippen LogP contribution is -2.10. The third-order valence-electron chi connectivity index (χ3n) is 2.59. The van der Waals surface area contributed by atoms with Gasteiger partial charge in [0.2, 0.25) is 0 Å². The van der Waals surface area contributed by atoms with Crippen LogP contribution in [0.3, 0.4) is 0 Å². The Kier molecular flexibility index (Phi) is 7.89. The molecule has 0 spiro atoms. The number of unbranched alkanes of at least 4 members (excludes halogenated alkanes) is 2. The van der Waals surface area contributed by atoms with E-state index < -0.39 is 0 Å². The van der Waals surface area contributed by atoms with Crippen molar-refractivity contribution in [2.45, 2.75) is 39.2 Å². The van der Waals surface area contributed by atoms with Gasteiger partial charge in [-0.05, 0) is 12.0 Å². The number of rotatable bonds is 9. The molecule has 0 fully saturated rings. The van der Waals surface area contributed by atoms with E-state index in [1.165, 1.54) is 0 Å². The molecular weight excluding hydrogens is 228 g/mol. The second-order valence-corrected chi connectivity index (χ2v) is 4.22. The summed E-state index contributed by atoms with van der Waals surface area (Å²) in [5.41, 5.74) is 1.13. The predicted molar refractivity (Wildman–Crippen MR) is 71.2 cm³/mol. The summed E-state index contributed by atoms with van der Waals surface area (Å²) >= 11 is 0. The normalized spacial score (nSPS) is 10.3. The van der Waals surface area contributed by atoms with Crippen LogP contribution >= 0.6 is 0 Å². The van der Waals surface area contributed by atoms with Gasteiger partial charge < -0.3 is 9.47 Å². The molecule has 1 aromatic rings. The van der Waals surface area contributed by atoms with Crippen LogP contribution in [0.1, 0.15) is 38.2 Å². The van der Waals surface area contributed by atoms with E-state index in [1.807, 2.05) is 30.3 Å². The fourth-order valence-corrected chi connectivity index (χ4v) is 1.57. The molecule has 3 heteroatoms. The summed E-state index contributed by atoms with van der Waals surface area (Å²) < 4.78 is 10.5. The first-order chi connectivity index (χ1) is 8.83. The molecule has 0 N–H and O–H groups in total. The molecule has 0 bridgehead atoms. The van der Waals surface area contributed by atoms with E-state index in [2.05, 4.69) is 6.92 Å². The average molecular weight is 250 g/mol. The molecule has 18 heavy (non-hydrogen) atoms. The van der Waals surface area contributed by atoms with E-state index in [4.69, 9.17) is 9.47 Å². The Morgan fingerprint density at radius 1 is 1.11 bits per heavy atom. The maximum Gasteiger partial charge on any atom is 0.305 e. The number of ether oxygens (including phenoxy) is 2. The Labute approximate surface area is 109 Å². The van der Waals surface area contributed by atoms with Gasteiger partial charge in [0.1, 0.15) is 6.61 Å². The van der Waals surface area contributed by atoms with Crippen LogP contribution in [0.2, 0.25) is 0 Å². The van der Waals surface area contributed by atoms with Crippen molar-refractivity contribution in [1.29, 1.82) is 0 Å². The summed E-state index contributed by atoms with van der Waals surface area (Å²) in [6.07, 6.45) is 3.64. The molecule has 0 unspecified atom stereocenters. The van der Waals surface area contributed by atoms with E-state index in [1.54, 1.807) is 0 Å². The first-order valence-electron chi connectivity index (χ1n) is 6.60. The highest BCUT2D eigenvalue weighted by Crippen LogP contribution is 2.02. The zero-order chi connectivity index (χ0) is 13.1. The van der Waals surface area contributed by atoms with Crippen LogP contribution in [0.4, 0.5) is 0 Å². The number of benzene rings is 1. The molecule has 0 amide bonds. The lowest BCUT2D eigenvalue weighted by molar-refractivity contribution is -0.145. The van der Waals surface area contributed by atoms with Crippen molar-refractivity contribution in [3.63, 3.8) is 0 Å². The Morgan fingerprint density at radius 2 is 1.89 bits per heavy atom. The number of esters is 1. The number of hydrogen-bond donors (Lipinski definition) is 0. The van der Waals surface area contributed by atoms with E-state index in [0.717, 1.165) is 24.8 Å². The van der Waals surface area contributed by atoms with Gasteiger partial charge in [-0.3, -0.25) is 4.79 Å². The van der Waals surface area contributed by atoms with Crippen molar-refractivity contribution in [3.8, 4) is 0 Å². The SMILES string of the molecule is CCCCCC(=O)OCCOCc1ccccc1. The van der Waals surface area contributed by atoms with Crippen LogP contribution in [-0.4, -0.2) is 19.2 Å². The van der Waals surface area contributed by atoms with Crippen molar-refractivity contribution in [2.24, 2.45) is 0 Å². The zero-order valence-electron chi connectivity index (χ0n) is 11.1. The fraction of sp³-hybridized carbons (Fsp3) is 0.533. The second kappa shape index (κ2) is 9.66. The summed E-state index contributed by atoms with van der Waals surface area (Å²) in [5.74, 6) is -0.119. The Bertz CT molecular complexity index is 322. The summed E-state index contributed by atoms with van der Waals surface area (Å²) in [4.78, 5) is 11.3. The third-order valence-corrected chi connectivity index (χ3v) is 2.59. The summed E-state index contributed by atoms with van der Waals surface area (Å²) in [5, 5.41) is 0. The van der Waals surface area contributed by atoms with Crippen LogP contribution in [0.5, 0.6) is 0 Å². The smallest absolute Gasteiger partial charge is 0.305 e. The molecule has 0 aliphatic rings. The van der Waals surface area contributed by atoms with Gasteiger partial charge >= 0.3 is 5.97 Å². The topological polar surface area (TPSA) is 35.5 Å². The highest BCUT2D eigenvalue weighted by atomic mass is 16.6. The molecule has 0 aliphatic carbocycles. The van der Waals surface area contributed by atoms with Crippen molar-refractivity contribution in [1.82, 2.24) is 0 Å². The van der Waals surface area contributed by atoms with E-state index in [9.17, 15) is 4.79 Å². The summed E-state index contributed by atoms with van der Waals surface area (Å²) in [6.45, 7) is 3.48. The fourth-order valence-electron chi connectivity index (χ4n) is 1.57. The van der Waals surface area contributed by atoms with Crippen LogP contribution in [0.25, 0.3) is 0 Å². The van der Waals surface area contributed by atoms with Gasteiger partial charge in [0, 0.05) is 6.42 Å². The molecule has 1 rings (SSSR count). The van der Waals surface area contributed by atoms with Crippen LogP contribution < -0.4 is 0 Å². The van der Waals surface area contributed by atoms with E-state index >= 15 is 0 Å². The lowest BCUT2D eigenvalue weighted by Gasteiger charge is -2.06. The Balaban J connectivity index is 1.97. The zero-order valence-corrected chi connectivity index (χ0v) is 11.1. The van der Waals surface area contributed by atoms with E-state index in [-0.39, 0.29) is 5.97 Å². The number of carbonyl (C=O) groups excluding carboxylic acids is 1. The summed E-state index contributed by atoms with van der Waals surface area (Å²) in [7, 11) is 0. The standard InChI is InChI=1S/C15H22O3/c1-2-3-5-10-15(16)18-12-11-17-13-14-8-6-4-7-9-14/h4,6-9H,2-3,5,10-13H2,1H3. The van der Waals surface area contributed by atoms with Crippen LogP contribution in [-0.2, 0) is 20.9 Å². The number of carbonyl (C=O) groups is 1. The molecule has 0 atom stereocenters. The van der Waals surface area contributed by atoms with Crippen LogP contribution in [0.15, 0.2) is 30.3 Å². The quantitative estimate of drug-likeness (QED) is 0.498. The first-order valence-corrected chi connectivity index (χ1v) is 6.60. The maximum absolute atomic E-state index is 11.3. The monoisotopic (exact) mass is 250 g/mol. The van der Waals surface area contributed by atoms with Gasteiger partial charge in [-0.25, -0.2) is 0 Å². The molecule has 0 radical (unpaired) electrons. The van der Waals surface area contributed by atoms with Crippen molar-refractivity contribution in [2.75, 3.05) is 13.2 Å². The van der Waals surface area contributed by atoms with Gasteiger partial charge in [-0.1, -0.05) is 50.1 Å². The highest BCUT2D eigenvalue weighted by Gasteiger charge is 2.01. The molecule has 0 heterocycles. The molecule has 0 saturated heterocycles. The molecule has 0 saturated carbocycles. The second-order valence-electron chi connectivity index (χ2n) is 4.22. The van der Waals surface area contributed by atoms with Gasteiger partial charge in [0.25, 0.3) is 0 Å². The van der Waals surface area contributed by atoms with Gasteiger partial charge in [0.15, 0.2) is 0 Å². The van der Waals surface area contributed by atoms with Gasteiger partial charge in [-0.15, -0.1) is 0 Å². The Hall–Kier alpha value is -1.35. The molecule has 3 nitrogen and oxygen atoms in total. The molecule has 0 aliphatic heterocycles. The van der Waals surface area contributed by atoms with E-state index in [0.29, 0.717) is 26.2 Å². The molecule has 0 aromatic heterocycles. The molecular formula is C15H22O3. The van der Waals surface area contributed by atoms with Crippen molar-refractivity contribution < 1.29 is 14.3 Å². The summed E-state index contributed by atoms with van der Waals surface area (Å²) in [6, 6.07) is 9.95. The largest absolute Gasteiger partial charge is 0.463 e. The molecule has 1 aromatic carbocycles. The minimum atomic E-state index is -0.119. The number of hydrogen-bond acceptors (Lipinski definition) is 3.